The molecule has 0 N–H and O–H groups in total. The van der Waals surface area contributed by atoms with Crippen LogP contribution in [-0.4, -0.2) is 56.7 Å². The van der Waals surface area contributed by atoms with Crippen LogP contribution in [0.25, 0.3) is 0 Å². The highest BCUT2D eigenvalue weighted by molar-refractivity contribution is 5.66. The molecule has 0 bridgehead atoms. The number of ether oxygens (including phenoxy) is 1. The second kappa shape index (κ2) is 5.20. The van der Waals surface area contributed by atoms with E-state index < -0.39 is 0 Å². The molecule has 0 aromatic heterocycles. The van der Waals surface area contributed by atoms with Crippen LogP contribution in [0.4, 0.5) is 4.79 Å². The van der Waals surface area contributed by atoms with Crippen molar-refractivity contribution in [1.29, 1.82) is 0 Å². The highest BCUT2D eigenvalue weighted by Crippen LogP contribution is 2.16. The van der Waals surface area contributed by atoms with Crippen LogP contribution in [-0.2, 0) is 4.74 Å². The average Bonchev–Trinajstić information content (AvgIpc) is 2.16. The summed E-state index contributed by atoms with van der Waals surface area (Å²) in [6, 6.07) is 0. The largest absolute Gasteiger partial charge is 0.449 e. The molecule has 4 heteroatoms. The van der Waals surface area contributed by atoms with Crippen molar-refractivity contribution in [3.05, 3.63) is 0 Å². The molecule has 14 heavy (non-hydrogen) atoms. The summed E-state index contributed by atoms with van der Waals surface area (Å²) in [4.78, 5) is 14.9. The first kappa shape index (κ1) is 11.3. The SMILES string of the molecule is CN1CCC(COC(=O)N(C)C)CC1. The summed E-state index contributed by atoms with van der Waals surface area (Å²) in [7, 11) is 5.54. The van der Waals surface area contributed by atoms with E-state index in [-0.39, 0.29) is 6.09 Å². The fraction of sp³-hybridized carbons (Fsp3) is 0.900. The van der Waals surface area contributed by atoms with Crippen molar-refractivity contribution < 1.29 is 9.53 Å². The molecule has 1 saturated heterocycles. The van der Waals surface area contributed by atoms with Gasteiger partial charge >= 0.3 is 6.09 Å². The standard InChI is InChI=1S/C10H20N2O2/c1-11(2)10(13)14-8-9-4-6-12(3)7-5-9/h9H,4-8H2,1-3H3. The lowest BCUT2D eigenvalue weighted by molar-refractivity contribution is 0.0838. The third kappa shape index (κ3) is 3.54. The summed E-state index contributed by atoms with van der Waals surface area (Å²) in [6.07, 6.45) is 2.04. The van der Waals surface area contributed by atoms with E-state index >= 15 is 0 Å². The fourth-order valence-corrected chi connectivity index (χ4v) is 1.55. The number of carbonyl (C=O) groups excluding carboxylic acids is 1. The molecule has 1 aliphatic heterocycles. The second-order valence-corrected chi connectivity index (χ2v) is 4.22. The first-order chi connectivity index (χ1) is 6.59. The minimum atomic E-state index is -0.232. The molecule has 0 atom stereocenters. The van der Waals surface area contributed by atoms with E-state index in [2.05, 4.69) is 11.9 Å². The maximum absolute atomic E-state index is 11.1. The Bertz CT molecular complexity index is 187. The van der Waals surface area contributed by atoms with Crippen LogP contribution in [0.1, 0.15) is 12.8 Å². The van der Waals surface area contributed by atoms with Crippen LogP contribution in [0, 0.1) is 5.92 Å². The van der Waals surface area contributed by atoms with Crippen molar-refractivity contribution in [2.75, 3.05) is 40.8 Å². The number of rotatable bonds is 2. The van der Waals surface area contributed by atoms with E-state index in [0.717, 1.165) is 25.9 Å². The lowest BCUT2D eigenvalue weighted by Gasteiger charge is -2.28. The van der Waals surface area contributed by atoms with Gasteiger partial charge < -0.3 is 14.5 Å². The number of amides is 1. The number of hydrogen-bond acceptors (Lipinski definition) is 3. The Morgan fingerprint density at radius 2 is 2.00 bits per heavy atom. The quantitative estimate of drug-likeness (QED) is 0.667. The lowest BCUT2D eigenvalue weighted by Crippen LogP contribution is -2.33. The van der Waals surface area contributed by atoms with E-state index in [9.17, 15) is 4.79 Å². The van der Waals surface area contributed by atoms with E-state index in [4.69, 9.17) is 4.74 Å². The summed E-state index contributed by atoms with van der Waals surface area (Å²) < 4.78 is 5.15. The first-order valence-electron chi connectivity index (χ1n) is 5.12. The van der Waals surface area contributed by atoms with Crippen molar-refractivity contribution in [2.45, 2.75) is 12.8 Å². The monoisotopic (exact) mass is 200 g/mol. The number of nitrogens with zero attached hydrogens (tertiary/aromatic N) is 2. The molecule has 0 aromatic rings. The molecular weight excluding hydrogens is 180 g/mol. The Morgan fingerprint density at radius 1 is 1.43 bits per heavy atom. The predicted octanol–water partition coefficient (Wildman–Crippen LogP) is 1.03. The van der Waals surface area contributed by atoms with Crippen LogP contribution in [0.15, 0.2) is 0 Å². The Balaban J connectivity index is 2.16. The minimum Gasteiger partial charge on any atom is -0.449 e. The van der Waals surface area contributed by atoms with Gasteiger partial charge in [-0.3, -0.25) is 0 Å². The fourth-order valence-electron chi connectivity index (χ4n) is 1.55. The molecule has 1 aliphatic rings. The summed E-state index contributed by atoms with van der Waals surface area (Å²) in [5.41, 5.74) is 0. The van der Waals surface area contributed by atoms with Gasteiger partial charge in [-0.05, 0) is 38.9 Å². The Kier molecular flexibility index (Phi) is 4.20. The highest BCUT2D eigenvalue weighted by Gasteiger charge is 2.18. The topological polar surface area (TPSA) is 32.8 Å². The third-order valence-electron chi connectivity index (χ3n) is 2.65. The van der Waals surface area contributed by atoms with E-state index in [1.807, 2.05) is 0 Å². The van der Waals surface area contributed by atoms with E-state index in [1.54, 1.807) is 14.1 Å². The third-order valence-corrected chi connectivity index (χ3v) is 2.65. The normalized spacial score (nSPS) is 19.4. The smallest absolute Gasteiger partial charge is 0.409 e. The molecule has 1 rings (SSSR count). The van der Waals surface area contributed by atoms with Crippen molar-refractivity contribution >= 4 is 6.09 Å². The van der Waals surface area contributed by atoms with Gasteiger partial charge in [-0.1, -0.05) is 0 Å². The highest BCUT2D eigenvalue weighted by atomic mass is 16.6. The molecule has 0 aliphatic carbocycles. The average molecular weight is 200 g/mol. The summed E-state index contributed by atoms with van der Waals surface area (Å²) >= 11 is 0. The zero-order valence-corrected chi connectivity index (χ0v) is 9.32. The second-order valence-electron chi connectivity index (χ2n) is 4.22. The van der Waals surface area contributed by atoms with Gasteiger partial charge in [0.15, 0.2) is 0 Å². The van der Waals surface area contributed by atoms with Gasteiger partial charge in [0.25, 0.3) is 0 Å². The van der Waals surface area contributed by atoms with Gasteiger partial charge in [0.05, 0.1) is 6.61 Å². The first-order valence-corrected chi connectivity index (χ1v) is 5.12. The summed E-state index contributed by atoms with van der Waals surface area (Å²) in [5, 5.41) is 0. The molecular formula is C10H20N2O2. The molecule has 1 fully saturated rings. The van der Waals surface area contributed by atoms with Crippen LogP contribution in [0.3, 0.4) is 0 Å². The van der Waals surface area contributed by atoms with Crippen LogP contribution < -0.4 is 0 Å². The van der Waals surface area contributed by atoms with Gasteiger partial charge in [0.1, 0.15) is 0 Å². The molecule has 0 spiro atoms. The molecule has 4 nitrogen and oxygen atoms in total. The van der Waals surface area contributed by atoms with Crippen LogP contribution >= 0.6 is 0 Å². The van der Waals surface area contributed by atoms with Crippen molar-refractivity contribution in [3.8, 4) is 0 Å². The van der Waals surface area contributed by atoms with Crippen LogP contribution in [0.5, 0.6) is 0 Å². The molecule has 82 valence electrons. The molecule has 1 amide bonds. The Labute approximate surface area is 85.8 Å². The van der Waals surface area contributed by atoms with Crippen molar-refractivity contribution in [1.82, 2.24) is 9.80 Å². The summed E-state index contributed by atoms with van der Waals surface area (Å²) in [6.45, 7) is 2.80. The van der Waals surface area contributed by atoms with E-state index in [0.29, 0.717) is 12.5 Å². The molecule has 1 heterocycles. The number of likely N-dealkylation sites (tertiary alicyclic amines) is 1. The van der Waals surface area contributed by atoms with Gasteiger partial charge in [-0.25, -0.2) is 4.79 Å². The van der Waals surface area contributed by atoms with Gasteiger partial charge in [0, 0.05) is 14.1 Å². The summed E-state index contributed by atoms with van der Waals surface area (Å²) in [5.74, 6) is 0.551. The van der Waals surface area contributed by atoms with Crippen molar-refractivity contribution in [2.24, 2.45) is 5.92 Å². The maximum atomic E-state index is 11.1. The minimum absolute atomic E-state index is 0.232. The number of carbonyl (C=O) groups is 1. The molecule has 0 radical (unpaired) electrons. The lowest BCUT2D eigenvalue weighted by atomic mass is 9.98. The van der Waals surface area contributed by atoms with Gasteiger partial charge in [-0.15, -0.1) is 0 Å². The van der Waals surface area contributed by atoms with Crippen molar-refractivity contribution in [3.63, 3.8) is 0 Å². The number of piperidine rings is 1. The van der Waals surface area contributed by atoms with Crippen LogP contribution in [0.2, 0.25) is 0 Å². The number of hydrogen-bond donors (Lipinski definition) is 0. The molecule has 0 unspecified atom stereocenters. The maximum Gasteiger partial charge on any atom is 0.409 e. The van der Waals surface area contributed by atoms with Gasteiger partial charge in [0.2, 0.25) is 0 Å². The zero-order valence-electron chi connectivity index (χ0n) is 9.32. The van der Waals surface area contributed by atoms with E-state index in [1.165, 1.54) is 4.90 Å². The molecule has 0 aromatic carbocycles. The Morgan fingerprint density at radius 3 is 2.50 bits per heavy atom. The van der Waals surface area contributed by atoms with Gasteiger partial charge in [-0.2, -0.15) is 0 Å². The molecule has 0 saturated carbocycles. The zero-order chi connectivity index (χ0) is 10.6. The predicted molar refractivity (Wildman–Crippen MR) is 55.3 cm³/mol. The Hall–Kier alpha value is -0.770.